The van der Waals surface area contributed by atoms with E-state index in [9.17, 15) is 4.79 Å². The number of esters is 1. The molecule has 0 atom stereocenters. The van der Waals surface area contributed by atoms with Gasteiger partial charge in [-0.05, 0) is 98.5 Å². The van der Waals surface area contributed by atoms with Crippen molar-refractivity contribution >= 4 is 34.4 Å². The van der Waals surface area contributed by atoms with Crippen LogP contribution in [0.15, 0.2) is 106 Å². The molecule has 3 aromatic carbocycles. The Labute approximate surface area is 261 Å². The van der Waals surface area contributed by atoms with Gasteiger partial charge >= 0.3 is 5.97 Å². The summed E-state index contributed by atoms with van der Waals surface area (Å²) in [6.45, 7) is 6.88. The van der Waals surface area contributed by atoms with Crippen LogP contribution in [0.5, 0.6) is 5.75 Å². The van der Waals surface area contributed by atoms with Gasteiger partial charge in [-0.2, -0.15) is 20.5 Å². The molecule has 0 spiro atoms. The number of unbranched alkanes of at least 4 members (excludes halogenated alkanes) is 8. The van der Waals surface area contributed by atoms with E-state index in [0.29, 0.717) is 6.61 Å². The molecule has 8 heteroatoms. The number of benzene rings is 3. The fraction of sp³-hybridized carbons (Fsp3) is 0.417. The Kier molecular flexibility index (Phi) is 14.1. The molecule has 232 valence electrons. The molecule has 0 radical (unpaired) electrons. The van der Waals surface area contributed by atoms with E-state index in [1.54, 1.807) is 0 Å². The lowest BCUT2D eigenvalue weighted by molar-refractivity contribution is -0.137. The van der Waals surface area contributed by atoms with Crippen molar-refractivity contribution in [3.63, 3.8) is 0 Å². The van der Waals surface area contributed by atoms with Gasteiger partial charge in [-0.15, -0.1) is 0 Å². The molecule has 0 saturated carbocycles. The van der Waals surface area contributed by atoms with Gasteiger partial charge in [0.15, 0.2) is 0 Å². The SMILES string of the molecule is C=CC(=O)OCCCCCCCCCCCOc1ccc(/N=N/c2ccc(/N=N/c3ccc(N4CCCC4)cc3)cc2)cc1. The second kappa shape index (κ2) is 19.1. The summed E-state index contributed by atoms with van der Waals surface area (Å²) in [5.74, 6) is 0.518. The summed E-state index contributed by atoms with van der Waals surface area (Å²) in [6.07, 6.45) is 14.2. The van der Waals surface area contributed by atoms with Crippen LogP contribution < -0.4 is 9.64 Å². The number of azo groups is 2. The topological polar surface area (TPSA) is 88.2 Å². The van der Waals surface area contributed by atoms with Gasteiger partial charge in [-0.1, -0.05) is 51.5 Å². The van der Waals surface area contributed by atoms with E-state index >= 15 is 0 Å². The lowest BCUT2D eigenvalue weighted by Gasteiger charge is -2.17. The summed E-state index contributed by atoms with van der Waals surface area (Å²) >= 11 is 0. The van der Waals surface area contributed by atoms with Crippen LogP contribution in [-0.2, 0) is 9.53 Å². The first kappa shape index (κ1) is 32.6. The maximum atomic E-state index is 11.0. The molecule has 1 heterocycles. The van der Waals surface area contributed by atoms with Gasteiger partial charge in [0.25, 0.3) is 0 Å². The summed E-state index contributed by atoms with van der Waals surface area (Å²) in [7, 11) is 0. The molecule has 8 nitrogen and oxygen atoms in total. The minimum atomic E-state index is -0.332. The quantitative estimate of drug-likeness (QED) is 0.0597. The molecule has 4 rings (SSSR count). The van der Waals surface area contributed by atoms with Crippen LogP contribution in [0, 0.1) is 0 Å². The lowest BCUT2D eigenvalue weighted by atomic mass is 10.1. The average molecular weight is 596 g/mol. The number of carbonyl (C=O) groups is 1. The van der Waals surface area contributed by atoms with Crippen molar-refractivity contribution in [2.24, 2.45) is 20.5 Å². The standard InChI is InChI=1S/C36H45N5O3/c1-2-36(42)44-29-13-9-7-5-3-4-6-8-12-28-43-35-24-20-33(21-25-35)40-38-31-16-14-30(15-17-31)37-39-32-18-22-34(23-19-32)41-26-10-11-27-41/h2,14-25H,1,3-13,26-29H2/b39-37+,40-38+. The fourth-order valence-corrected chi connectivity index (χ4v) is 4.99. The largest absolute Gasteiger partial charge is 0.494 e. The Morgan fingerprint density at radius 1 is 0.614 bits per heavy atom. The molecule has 1 saturated heterocycles. The monoisotopic (exact) mass is 595 g/mol. The Morgan fingerprint density at radius 2 is 1.02 bits per heavy atom. The van der Waals surface area contributed by atoms with Gasteiger partial charge in [-0.25, -0.2) is 4.79 Å². The summed E-state index contributed by atoms with van der Waals surface area (Å²) < 4.78 is 10.9. The molecule has 0 bridgehead atoms. The van der Waals surface area contributed by atoms with E-state index < -0.39 is 0 Å². The first-order valence-corrected chi connectivity index (χ1v) is 16.0. The smallest absolute Gasteiger partial charge is 0.330 e. The highest BCUT2D eigenvalue weighted by Crippen LogP contribution is 2.26. The van der Waals surface area contributed by atoms with Gasteiger partial charge in [0.2, 0.25) is 0 Å². The Balaban J connectivity index is 1.06. The molecule has 0 aromatic heterocycles. The predicted octanol–water partition coefficient (Wildman–Crippen LogP) is 10.7. The first-order chi connectivity index (χ1) is 21.7. The molecule has 0 N–H and O–H groups in total. The number of nitrogens with zero attached hydrogens (tertiary/aromatic N) is 5. The maximum absolute atomic E-state index is 11.0. The van der Waals surface area contributed by atoms with Crippen LogP contribution in [0.1, 0.15) is 70.6 Å². The number of rotatable bonds is 19. The van der Waals surface area contributed by atoms with Crippen molar-refractivity contribution < 1.29 is 14.3 Å². The van der Waals surface area contributed by atoms with Crippen LogP contribution in [0.25, 0.3) is 0 Å². The highest BCUT2D eigenvalue weighted by Gasteiger charge is 2.11. The van der Waals surface area contributed by atoms with E-state index in [1.165, 1.54) is 63.1 Å². The summed E-state index contributed by atoms with van der Waals surface area (Å²) in [6, 6.07) is 23.5. The molecule has 44 heavy (non-hydrogen) atoms. The van der Waals surface area contributed by atoms with Crippen LogP contribution in [0.4, 0.5) is 28.4 Å². The Bertz CT molecular complexity index is 1320. The highest BCUT2D eigenvalue weighted by molar-refractivity contribution is 5.81. The number of hydrogen-bond acceptors (Lipinski definition) is 8. The average Bonchev–Trinajstić information content (AvgIpc) is 3.61. The molecule has 0 unspecified atom stereocenters. The fourth-order valence-electron chi connectivity index (χ4n) is 4.99. The second-order valence-corrected chi connectivity index (χ2v) is 11.0. The van der Waals surface area contributed by atoms with Gasteiger partial charge in [-0.3, -0.25) is 0 Å². The highest BCUT2D eigenvalue weighted by atomic mass is 16.5. The molecule has 1 aliphatic rings. The lowest BCUT2D eigenvalue weighted by Crippen LogP contribution is -2.17. The normalized spacial score (nSPS) is 13.1. The first-order valence-electron chi connectivity index (χ1n) is 16.0. The Hall–Kier alpha value is -4.33. The zero-order chi connectivity index (χ0) is 30.7. The van der Waals surface area contributed by atoms with Crippen molar-refractivity contribution in [3.05, 3.63) is 85.5 Å². The van der Waals surface area contributed by atoms with E-state index in [-0.39, 0.29) is 5.97 Å². The van der Waals surface area contributed by atoms with Crippen LogP contribution in [-0.4, -0.2) is 32.3 Å². The third-order valence-corrected chi connectivity index (χ3v) is 7.54. The number of hydrogen-bond donors (Lipinski definition) is 0. The third kappa shape index (κ3) is 12.1. The molecule has 1 aliphatic heterocycles. The maximum Gasteiger partial charge on any atom is 0.330 e. The van der Waals surface area contributed by atoms with Crippen LogP contribution in [0.3, 0.4) is 0 Å². The number of carbonyl (C=O) groups excluding carboxylic acids is 1. The molecular formula is C36H45N5O3. The van der Waals surface area contributed by atoms with Gasteiger partial charge in [0, 0.05) is 24.9 Å². The van der Waals surface area contributed by atoms with Crippen molar-refractivity contribution in [1.29, 1.82) is 0 Å². The van der Waals surface area contributed by atoms with Crippen LogP contribution >= 0.6 is 0 Å². The van der Waals surface area contributed by atoms with Gasteiger partial charge in [0.1, 0.15) is 5.75 Å². The molecule has 0 amide bonds. The zero-order valence-electron chi connectivity index (χ0n) is 25.8. The predicted molar refractivity (Wildman–Crippen MR) is 177 cm³/mol. The van der Waals surface area contributed by atoms with Gasteiger partial charge < -0.3 is 14.4 Å². The van der Waals surface area contributed by atoms with Crippen molar-refractivity contribution in [2.75, 3.05) is 31.2 Å². The van der Waals surface area contributed by atoms with Crippen LogP contribution in [0.2, 0.25) is 0 Å². The minimum Gasteiger partial charge on any atom is -0.494 e. The van der Waals surface area contributed by atoms with E-state index in [4.69, 9.17) is 9.47 Å². The van der Waals surface area contributed by atoms with Crippen molar-refractivity contribution in [3.8, 4) is 5.75 Å². The minimum absolute atomic E-state index is 0.332. The van der Waals surface area contributed by atoms with E-state index in [0.717, 1.165) is 67.5 Å². The number of ether oxygens (including phenoxy) is 2. The Morgan fingerprint density at radius 3 is 1.50 bits per heavy atom. The summed E-state index contributed by atoms with van der Waals surface area (Å²) in [5, 5.41) is 17.4. The molecule has 0 aliphatic carbocycles. The second-order valence-electron chi connectivity index (χ2n) is 11.0. The third-order valence-electron chi connectivity index (χ3n) is 7.54. The van der Waals surface area contributed by atoms with E-state index in [1.807, 2.05) is 60.7 Å². The molecular weight excluding hydrogens is 550 g/mol. The summed E-state index contributed by atoms with van der Waals surface area (Å²) in [4.78, 5) is 13.4. The molecule has 1 fully saturated rings. The van der Waals surface area contributed by atoms with E-state index in [2.05, 4.69) is 44.1 Å². The zero-order valence-corrected chi connectivity index (χ0v) is 25.8. The van der Waals surface area contributed by atoms with Crippen molar-refractivity contribution in [1.82, 2.24) is 0 Å². The number of anilines is 1. The van der Waals surface area contributed by atoms with Crippen molar-refractivity contribution in [2.45, 2.75) is 70.6 Å². The summed E-state index contributed by atoms with van der Waals surface area (Å²) in [5.41, 5.74) is 4.39. The molecule has 3 aromatic rings. The van der Waals surface area contributed by atoms with Gasteiger partial charge in [0.05, 0.1) is 36.0 Å².